The molecule has 7 nitrogen and oxygen atoms in total. The molecule has 2 aromatic carbocycles. The number of nitrogens with zero attached hydrogens (tertiary/aromatic N) is 4. The molecule has 0 unspecified atom stereocenters. The number of sulfonamides is 1. The Morgan fingerprint density at radius 2 is 1.55 bits per heavy atom. The van der Waals surface area contributed by atoms with Gasteiger partial charge in [0.15, 0.2) is 0 Å². The largest absolute Gasteiger partial charge is 0.336 e. The normalized spacial score (nSPS) is 15.6. The van der Waals surface area contributed by atoms with Crippen LogP contribution in [0.4, 0.5) is 0 Å². The van der Waals surface area contributed by atoms with Gasteiger partial charge >= 0.3 is 0 Å². The van der Waals surface area contributed by atoms with Crippen LogP contribution >= 0.6 is 0 Å². The highest BCUT2D eigenvalue weighted by molar-refractivity contribution is 7.89. The third-order valence-electron chi connectivity index (χ3n) is 5.36. The van der Waals surface area contributed by atoms with Crippen molar-refractivity contribution in [3.63, 3.8) is 0 Å². The van der Waals surface area contributed by atoms with Gasteiger partial charge in [0.05, 0.1) is 15.9 Å². The first-order valence-corrected chi connectivity index (χ1v) is 10.9. The molecule has 4 rings (SSSR count). The Bertz CT molecular complexity index is 1190. The standard InChI is InChI=1S/C21H22N4O3S/c1-15-3-5-18(13-16(15)2)29(27,28)25-11-9-24(10-12-25)21(26)17-4-6-19-20(14-17)23-8-7-22-19/h3-8,13-14H,9-12H2,1-2H3. The quantitative estimate of drug-likeness (QED) is 0.662. The molecule has 0 aliphatic carbocycles. The molecule has 1 amide bonds. The SMILES string of the molecule is Cc1ccc(S(=O)(=O)N2CCN(C(=O)c3ccc4nccnc4c3)CC2)cc1C. The maximum Gasteiger partial charge on any atom is 0.254 e. The Balaban J connectivity index is 1.48. The molecule has 0 saturated carbocycles. The van der Waals surface area contributed by atoms with Crippen LogP contribution in [0.2, 0.25) is 0 Å². The molecule has 150 valence electrons. The van der Waals surface area contributed by atoms with Crippen LogP contribution in [0, 0.1) is 13.8 Å². The van der Waals surface area contributed by atoms with Crippen molar-refractivity contribution in [2.75, 3.05) is 26.2 Å². The van der Waals surface area contributed by atoms with Crippen molar-refractivity contribution < 1.29 is 13.2 Å². The molecule has 29 heavy (non-hydrogen) atoms. The zero-order valence-corrected chi connectivity index (χ0v) is 17.2. The van der Waals surface area contributed by atoms with Crippen LogP contribution in [0.25, 0.3) is 11.0 Å². The Labute approximate surface area is 170 Å². The van der Waals surface area contributed by atoms with Gasteiger partial charge in [0, 0.05) is 44.1 Å². The van der Waals surface area contributed by atoms with Gasteiger partial charge < -0.3 is 4.90 Å². The number of carbonyl (C=O) groups is 1. The maximum absolute atomic E-state index is 13.0. The van der Waals surface area contributed by atoms with Crippen LogP contribution in [0.1, 0.15) is 21.5 Å². The molecule has 1 aliphatic heterocycles. The van der Waals surface area contributed by atoms with Gasteiger partial charge in [0.1, 0.15) is 0 Å². The third kappa shape index (κ3) is 3.73. The molecule has 1 saturated heterocycles. The van der Waals surface area contributed by atoms with E-state index in [1.54, 1.807) is 47.6 Å². The molecule has 0 spiro atoms. The van der Waals surface area contributed by atoms with Crippen LogP contribution in [0.5, 0.6) is 0 Å². The van der Waals surface area contributed by atoms with Crippen molar-refractivity contribution in [2.45, 2.75) is 18.7 Å². The number of hydrogen-bond donors (Lipinski definition) is 0. The molecule has 1 aliphatic rings. The molecule has 1 fully saturated rings. The predicted molar refractivity (Wildman–Crippen MR) is 110 cm³/mol. The number of rotatable bonds is 3. The van der Waals surface area contributed by atoms with Gasteiger partial charge in [0.25, 0.3) is 5.91 Å². The summed E-state index contributed by atoms with van der Waals surface area (Å²) in [5, 5.41) is 0. The first kappa shape index (κ1) is 19.5. The number of aryl methyl sites for hydroxylation is 2. The van der Waals surface area contributed by atoms with Crippen molar-refractivity contribution in [1.82, 2.24) is 19.2 Å². The third-order valence-corrected chi connectivity index (χ3v) is 7.25. The zero-order chi connectivity index (χ0) is 20.6. The lowest BCUT2D eigenvalue weighted by atomic mass is 10.1. The van der Waals surface area contributed by atoms with E-state index < -0.39 is 10.0 Å². The second kappa shape index (κ2) is 7.53. The Morgan fingerprint density at radius 3 is 2.24 bits per heavy atom. The minimum atomic E-state index is -3.57. The molecular formula is C21H22N4O3S. The first-order chi connectivity index (χ1) is 13.9. The summed E-state index contributed by atoms with van der Waals surface area (Å²) in [6.45, 7) is 5.10. The molecule has 2 heterocycles. The Hall–Kier alpha value is -2.84. The number of aromatic nitrogens is 2. The number of piperazine rings is 1. The number of hydrogen-bond acceptors (Lipinski definition) is 5. The summed E-state index contributed by atoms with van der Waals surface area (Å²) in [5.74, 6) is -0.124. The monoisotopic (exact) mass is 410 g/mol. The van der Waals surface area contributed by atoms with Crippen molar-refractivity contribution in [2.24, 2.45) is 0 Å². The van der Waals surface area contributed by atoms with E-state index in [0.29, 0.717) is 29.1 Å². The highest BCUT2D eigenvalue weighted by Gasteiger charge is 2.30. The Morgan fingerprint density at radius 1 is 0.862 bits per heavy atom. The average molecular weight is 410 g/mol. The summed E-state index contributed by atoms with van der Waals surface area (Å²) >= 11 is 0. The summed E-state index contributed by atoms with van der Waals surface area (Å²) < 4.78 is 27.4. The zero-order valence-electron chi connectivity index (χ0n) is 16.4. The number of fused-ring (bicyclic) bond motifs is 1. The maximum atomic E-state index is 13.0. The second-order valence-electron chi connectivity index (χ2n) is 7.20. The van der Waals surface area contributed by atoms with Crippen LogP contribution in [0.15, 0.2) is 53.7 Å². The van der Waals surface area contributed by atoms with Crippen molar-refractivity contribution in [3.8, 4) is 0 Å². The van der Waals surface area contributed by atoms with Crippen LogP contribution in [-0.4, -0.2) is 59.7 Å². The minimum Gasteiger partial charge on any atom is -0.336 e. The fraction of sp³-hybridized carbons (Fsp3) is 0.286. The lowest BCUT2D eigenvalue weighted by Crippen LogP contribution is -2.50. The predicted octanol–water partition coefficient (Wildman–Crippen LogP) is 2.39. The van der Waals surface area contributed by atoms with E-state index in [1.165, 1.54) is 4.31 Å². The van der Waals surface area contributed by atoms with Gasteiger partial charge in [-0.15, -0.1) is 0 Å². The number of amides is 1. The van der Waals surface area contributed by atoms with E-state index in [2.05, 4.69) is 9.97 Å². The van der Waals surface area contributed by atoms with Gasteiger partial charge in [-0.05, 0) is 55.3 Å². The summed E-state index contributed by atoms with van der Waals surface area (Å²) in [7, 11) is -3.57. The fourth-order valence-corrected chi connectivity index (χ4v) is 4.94. The van der Waals surface area contributed by atoms with E-state index in [4.69, 9.17) is 0 Å². The van der Waals surface area contributed by atoms with Gasteiger partial charge in [-0.2, -0.15) is 4.31 Å². The molecule has 0 N–H and O–H groups in total. The second-order valence-corrected chi connectivity index (χ2v) is 9.14. The van der Waals surface area contributed by atoms with Crippen molar-refractivity contribution in [3.05, 3.63) is 65.5 Å². The van der Waals surface area contributed by atoms with E-state index in [-0.39, 0.29) is 19.0 Å². The summed E-state index contributed by atoms with van der Waals surface area (Å²) in [6, 6.07) is 10.4. The van der Waals surface area contributed by atoms with Gasteiger partial charge in [-0.25, -0.2) is 8.42 Å². The van der Waals surface area contributed by atoms with E-state index >= 15 is 0 Å². The van der Waals surface area contributed by atoms with Crippen molar-refractivity contribution in [1.29, 1.82) is 0 Å². The van der Waals surface area contributed by atoms with E-state index in [9.17, 15) is 13.2 Å². The highest BCUT2D eigenvalue weighted by atomic mass is 32.2. The highest BCUT2D eigenvalue weighted by Crippen LogP contribution is 2.21. The smallest absolute Gasteiger partial charge is 0.254 e. The molecule has 0 atom stereocenters. The number of benzene rings is 2. The van der Waals surface area contributed by atoms with Gasteiger partial charge in [-0.3, -0.25) is 14.8 Å². The average Bonchev–Trinajstić information content (AvgIpc) is 2.74. The van der Waals surface area contributed by atoms with Gasteiger partial charge in [0.2, 0.25) is 10.0 Å². The van der Waals surface area contributed by atoms with Crippen LogP contribution in [0.3, 0.4) is 0 Å². The first-order valence-electron chi connectivity index (χ1n) is 9.44. The lowest BCUT2D eigenvalue weighted by Gasteiger charge is -2.34. The topological polar surface area (TPSA) is 83.5 Å². The van der Waals surface area contributed by atoms with Crippen molar-refractivity contribution >= 4 is 27.0 Å². The molecule has 0 bridgehead atoms. The van der Waals surface area contributed by atoms with Crippen LogP contribution < -0.4 is 0 Å². The minimum absolute atomic E-state index is 0.124. The van der Waals surface area contributed by atoms with Gasteiger partial charge in [-0.1, -0.05) is 6.07 Å². The lowest BCUT2D eigenvalue weighted by molar-refractivity contribution is 0.0698. The van der Waals surface area contributed by atoms with E-state index in [1.807, 2.05) is 19.9 Å². The fourth-order valence-electron chi connectivity index (χ4n) is 3.43. The van der Waals surface area contributed by atoms with Crippen LogP contribution in [-0.2, 0) is 10.0 Å². The molecule has 0 radical (unpaired) electrons. The summed E-state index contributed by atoms with van der Waals surface area (Å²) in [6.07, 6.45) is 3.20. The molecule has 1 aromatic heterocycles. The van der Waals surface area contributed by atoms with E-state index in [0.717, 1.165) is 16.6 Å². The summed E-state index contributed by atoms with van der Waals surface area (Å²) in [5.41, 5.74) is 3.92. The summed E-state index contributed by atoms with van der Waals surface area (Å²) in [4.78, 5) is 23.3. The molecular weight excluding hydrogens is 388 g/mol. The molecule has 3 aromatic rings. The number of carbonyl (C=O) groups excluding carboxylic acids is 1. The molecule has 8 heteroatoms. The Kier molecular flexibility index (Phi) is 5.06.